The molecular formula is C14H18BrN3O2. The summed E-state index contributed by atoms with van der Waals surface area (Å²) in [5.41, 5.74) is 7.87. The summed E-state index contributed by atoms with van der Waals surface area (Å²) in [6, 6.07) is 5.28. The number of halogens is 1. The number of hydrogen-bond donors (Lipinski definition) is 1. The zero-order valence-electron chi connectivity index (χ0n) is 11.2. The minimum atomic E-state index is -0.551. The molecule has 1 unspecified atom stereocenters. The SMILES string of the molecule is NC1C(=O)N(CCN2CCOCC2)c2cccc(Br)c21. The van der Waals surface area contributed by atoms with Gasteiger partial charge in [0, 0.05) is 36.2 Å². The van der Waals surface area contributed by atoms with Crippen LogP contribution in [0, 0.1) is 0 Å². The molecule has 20 heavy (non-hydrogen) atoms. The lowest BCUT2D eigenvalue weighted by molar-refractivity contribution is -0.119. The lowest BCUT2D eigenvalue weighted by atomic mass is 10.1. The van der Waals surface area contributed by atoms with Gasteiger partial charge in [0.05, 0.1) is 18.9 Å². The predicted octanol–water partition coefficient (Wildman–Crippen LogP) is 1.13. The minimum Gasteiger partial charge on any atom is -0.379 e. The van der Waals surface area contributed by atoms with Gasteiger partial charge in [-0.15, -0.1) is 0 Å². The Morgan fingerprint density at radius 1 is 1.30 bits per heavy atom. The second kappa shape index (κ2) is 5.81. The van der Waals surface area contributed by atoms with E-state index in [9.17, 15) is 4.79 Å². The number of hydrogen-bond acceptors (Lipinski definition) is 4. The Labute approximate surface area is 126 Å². The van der Waals surface area contributed by atoms with E-state index in [0.717, 1.165) is 48.6 Å². The van der Waals surface area contributed by atoms with Crippen molar-refractivity contribution in [1.82, 2.24) is 4.90 Å². The smallest absolute Gasteiger partial charge is 0.248 e. The van der Waals surface area contributed by atoms with Crippen LogP contribution in [0.4, 0.5) is 5.69 Å². The predicted molar refractivity (Wildman–Crippen MR) is 80.7 cm³/mol. The number of carbonyl (C=O) groups excluding carboxylic acids is 1. The fourth-order valence-electron chi connectivity index (χ4n) is 2.78. The molecule has 3 rings (SSSR count). The van der Waals surface area contributed by atoms with Crippen molar-refractivity contribution < 1.29 is 9.53 Å². The van der Waals surface area contributed by atoms with Crippen molar-refractivity contribution in [3.8, 4) is 0 Å². The van der Waals surface area contributed by atoms with Crippen LogP contribution in [0.3, 0.4) is 0 Å². The first-order valence-electron chi connectivity index (χ1n) is 6.84. The van der Waals surface area contributed by atoms with Gasteiger partial charge in [-0.2, -0.15) is 0 Å². The first-order chi connectivity index (χ1) is 9.68. The summed E-state index contributed by atoms with van der Waals surface area (Å²) in [5, 5.41) is 0. The van der Waals surface area contributed by atoms with E-state index in [0.29, 0.717) is 6.54 Å². The Morgan fingerprint density at radius 3 is 2.80 bits per heavy atom. The number of carbonyl (C=O) groups is 1. The number of rotatable bonds is 3. The normalized spacial score (nSPS) is 23.2. The molecule has 1 saturated heterocycles. The van der Waals surface area contributed by atoms with E-state index in [2.05, 4.69) is 20.8 Å². The van der Waals surface area contributed by atoms with E-state index in [1.54, 1.807) is 4.90 Å². The van der Waals surface area contributed by atoms with Crippen molar-refractivity contribution in [1.29, 1.82) is 0 Å². The standard InChI is InChI=1S/C14H18BrN3O2/c15-10-2-1-3-11-12(10)13(16)14(19)18(11)5-4-17-6-8-20-9-7-17/h1-3,13H,4-9,16H2. The van der Waals surface area contributed by atoms with Crippen molar-refractivity contribution in [3.63, 3.8) is 0 Å². The molecule has 2 aliphatic heterocycles. The molecule has 0 bridgehead atoms. The van der Waals surface area contributed by atoms with Gasteiger partial charge in [-0.05, 0) is 12.1 Å². The van der Waals surface area contributed by atoms with E-state index >= 15 is 0 Å². The van der Waals surface area contributed by atoms with Gasteiger partial charge in [0.2, 0.25) is 5.91 Å². The molecule has 2 heterocycles. The van der Waals surface area contributed by atoms with Gasteiger partial charge in [0.1, 0.15) is 6.04 Å². The maximum Gasteiger partial charge on any atom is 0.248 e. The summed E-state index contributed by atoms with van der Waals surface area (Å²) in [5.74, 6) is -0.0137. The Morgan fingerprint density at radius 2 is 2.05 bits per heavy atom. The molecule has 6 heteroatoms. The van der Waals surface area contributed by atoms with Gasteiger partial charge < -0.3 is 15.4 Å². The Kier molecular flexibility index (Phi) is 4.07. The molecule has 2 aliphatic rings. The van der Waals surface area contributed by atoms with Crippen LogP contribution in [0.2, 0.25) is 0 Å². The van der Waals surface area contributed by atoms with Crippen LogP contribution in [0.1, 0.15) is 11.6 Å². The van der Waals surface area contributed by atoms with Crippen LogP contribution in [0.5, 0.6) is 0 Å². The average Bonchev–Trinajstić information content (AvgIpc) is 2.71. The van der Waals surface area contributed by atoms with Crippen molar-refractivity contribution in [3.05, 3.63) is 28.2 Å². The van der Waals surface area contributed by atoms with Gasteiger partial charge >= 0.3 is 0 Å². The van der Waals surface area contributed by atoms with Crippen molar-refractivity contribution >= 4 is 27.5 Å². The van der Waals surface area contributed by atoms with Gasteiger partial charge in [0.15, 0.2) is 0 Å². The lowest BCUT2D eigenvalue weighted by Crippen LogP contribution is -2.43. The van der Waals surface area contributed by atoms with Crippen molar-refractivity contribution in [2.24, 2.45) is 5.73 Å². The Bertz CT molecular complexity index is 517. The molecule has 1 aromatic rings. The van der Waals surface area contributed by atoms with Crippen LogP contribution in [0.25, 0.3) is 0 Å². The zero-order valence-corrected chi connectivity index (χ0v) is 12.8. The van der Waals surface area contributed by atoms with E-state index in [4.69, 9.17) is 10.5 Å². The van der Waals surface area contributed by atoms with E-state index < -0.39 is 6.04 Å². The minimum absolute atomic E-state index is 0.0137. The van der Waals surface area contributed by atoms with Crippen LogP contribution in [-0.2, 0) is 9.53 Å². The average molecular weight is 340 g/mol. The van der Waals surface area contributed by atoms with Crippen LogP contribution in [0.15, 0.2) is 22.7 Å². The number of fused-ring (bicyclic) bond motifs is 1. The highest BCUT2D eigenvalue weighted by Gasteiger charge is 2.36. The monoisotopic (exact) mass is 339 g/mol. The second-order valence-electron chi connectivity index (χ2n) is 5.09. The maximum atomic E-state index is 12.3. The third kappa shape index (κ3) is 2.48. The molecule has 108 valence electrons. The molecule has 1 amide bonds. The molecule has 5 nitrogen and oxygen atoms in total. The number of ether oxygens (including phenoxy) is 1. The number of amides is 1. The molecular weight excluding hydrogens is 322 g/mol. The third-order valence-corrected chi connectivity index (χ3v) is 4.60. The lowest BCUT2D eigenvalue weighted by Gasteiger charge is -2.28. The van der Waals surface area contributed by atoms with E-state index in [1.807, 2.05) is 18.2 Å². The molecule has 0 aromatic heterocycles. The summed E-state index contributed by atoms with van der Waals surface area (Å²) in [4.78, 5) is 16.4. The summed E-state index contributed by atoms with van der Waals surface area (Å²) < 4.78 is 6.24. The van der Waals surface area contributed by atoms with E-state index in [1.165, 1.54) is 0 Å². The van der Waals surface area contributed by atoms with Crippen molar-refractivity contribution in [2.45, 2.75) is 6.04 Å². The Balaban J connectivity index is 1.74. The summed E-state index contributed by atoms with van der Waals surface area (Å²) >= 11 is 3.48. The molecule has 1 aromatic carbocycles. The van der Waals surface area contributed by atoms with Gasteiger partial charge in [0.25, 0.3) is 0 Å². The Hall–Kier alpha value is -0.950. The quantitative estimate of drug-likeness (QED) is 0.896. The fourth-order valence-corrected chi connectivity index (χ4v) is 3.38. The molecule has 0 spiro atoms. The molecule has 0 radical (unpaired) electrons. The third-order valence-electron chi connectivity index (χ3n) is 3.91. The fraction of sp³-hybridized carbons (Fsp3) is 0.500. The largest absolute Gasteiger partial charge is 0.379 e. The van der Waals surface area contributed by atoms with E-state index in [-0.39, 0.29) is 5.91 Å². The van der Waals surface area contributed by atoms with Crippen molar-refractivity contribution in [2.75, 3.05) is 44.3 Å². The highest BCUT2D eigenvalue weighted by molar-refractivity contribution is 9.10. The van der Waals surface area contributed by atoms with Crippen LogP contribution < -0.4 is 10.6 Å². The number of nitrogens with zero attached hydrogens (tertiary/aromatic N) is 2. The number of anilines is 1. The van der Waals surface area contributed by atoms with Crippen LogP contribution in [-0.4, -0.2) is 50.2 Å². The summed E-state index contributed by atoms with van der Waals surface area (Å²) in [6.07, 6.45) is 0. The van der Waals surface area contributed by atoms with Gasteiger partial charge in [-0.1, -0.05) is 22.0 Å². The summed E-state index contributed by atoms with van der Waals surface area (Å²) in [7, 11) is 0. The molecule has 1 fully saturated rings. The second-order valence-corrected chi connectivity index (χ2v) is 5.95. The first kappa shape index (κ1) is 14.0. The topological polar surface area (TPSA) is 58.8 Å². The molecule has 2 N–H and O–H groups in total. The first-order valence-corrected chi connectivity index (χ1v) is 7.63. The number of morpholine rings is 1. The number of benzene rings is 1. The maximum absolute atomic E-state index is 12.3. The van der Waals surface area contributed by atoms with Gasteiger partial charge in [-0.3, -0.25) is 9.69 Å². The molecule has 0 aliphatic carbocycles. The van der Waals surface area contributed by atoms with Gasteiger partial charge in [-0.25, -0.2) is 0 Å². The zero-order chi connectivity index (χ0) is 14.1. The molecule has 0 saturated carbocycles. The summed E-state index contributed by atoms with van der Waals surface area (Å²) in [6.45, 7) is 4.94. The van der Waals surface area contributed by atoms with Crippen LogP contribution >= 0.6 is 15.9 Å². The highest BCUT2D eigenvalue weighted by atomic mass is 79.9. The number of nitrogens with two attached hydrogens (primary N) is 1. The highest BCUT2D eigenvalue weighted by Crippen LogP contribution is 2.38. The molecule has 1 atom stereocenters.